The van der Waals surface area contributed by atoms with E-state index in [0.717, 1.165) is 22.2 Å². The second-order valence-electron chi connectivity index (χ2n) is 6.25. The van der Waals surface area contributed by atoms with Crippen molar-refractivity contribution in [2.24, 2.45) is 0 Å². The molecule has 0 spiro atoms. The highest BCUT2D eigenvalue weighted by Gasteiger charge is 2.18. The van der Waals surface area contributed by atoms with Crippen molar-refractivity contribution in [2.75, 3.05) is 5.32 Å². The quantitative estimate of drug-likeness (QED) is 0.702. The SMILES string of the molecule is C[Si](C)(C)c1ccc(Nc2coc3cccc-3c2)c(F)c1. The van der Waals surface area contributed by atoms with Crippen molar-refractivity contribution >= 4 is 24.6 Å². The fourth-order valence-corrected chi connectivity index (χ4v) is 3.42. The van der Waals surface area contributed by atoms with Crippen LogP contribution in [0.2, 0.25) is 19.6 Å². The molecule has 2 aliphatic rings. The molecule has 0 unspecified atom stereocenters. The van der Waals surface area contributed by atoms with Crippen LogP contribution in [0.5, 0.6) is 0 Å². The molecule has 0 amide bonds. The Bertz CT molecular complexity index is 745. The zero-order chi connectivity index (χ0) is 15.0. The number of anilines is 2. The van der Waals surface area contributed by atoms with E-state index in [0.29, 0.717) is 5.69 Å². The number of halogens is 1. The van der Waals surface area contributed by atoms with Crippen LogP contribution in [0.4, 0.5) is 15.8 Å². The molecule has 1 aromatic carbocycles. The van der Waals surface area contributed by atoms with Gasteiger partial charge in [-0.25, -0.2) is 4.39 Å². The maximum absolute atomic E-state index is 14.2. The van der Waals surface area contributed by atoms with Gasteiger partial charge in [-0.3, -0.25) is 0 Å². The maximum atomic E-state index is 14.2. The largest absolute Gasteiger partial charge is 0.462 e. The van der Waals surface area contributed by atoms with E-state index in [1.807, 2.05) is 30.3 Å². The Labute approximate surface area is 125 Å². The van der Waals surface area contributed by atoms with Crippen LogP contribution < -0.4 is 10.5 Å². The molecular formula is C17H18FNOSi. The van der Waals surface area contributed by atoms with Crippen LogP contribution in [0.25, 0.3) is 11.3 Å². The summed E-state index contributed by atoms with van der Waals surface area (Å²) in [5.41, 5.74) is 2.21. The average molecular weight is 299 g/mol. The molecule has 1 N–H and O–H groups in total. The maximum Gasteiger partial charge on any atom is 0.146 e. The minimum atomic E-state index is -1.49. The van der Waals surface area contributed by atoms with Gasteiger partial charge in [-0.05, 0) is 24.3 Å². The molecule has 0 bridgehead atoms. The predicted molar refractivity (Wildman–Crippen MR) is 88.0 cm³/mol. The molecule has 0 saturated carbocycles. The standard InChI is InChI=1S/C17H18FNOSi/c1-21(2,3)14-7-8-16(15(18)10-14)19-13-9-12-5-4-6-17(12)20-11-13/h4-11,19H,1-3H3. The van der Waals surface area contributed by atoms with E-state index < -0.39 is 8.07 Å². The Hall–Kier alpha value is -2.07. The molecule has 1 aliphatic carbocycles. The first kappa shape index (κ1) is 13.9. The van der Waals surface area contributed by atoms with E-state index in [4.69, 9.17) is 4.42 Å². The molecular weight excluding hydrogens is 281 g/mol. The van der Waals surface area contributed by atoms with E-state index in [-0.39, 0.29) is 5.82 Å². The highest BCUT2D eigenvalue weighted by Crippen LogP contribution is 2.28. The fourth-order valence-electron chi connectivity index (χ4n) is 2.28. The van der Waals surface area contributed by atoms with E-state index in [2.05, 4.69) is 25.0 Å². The molecule has 0 fully saturated rings. The van der Waals surface area contributed by atoms with Gasteiger partial charge in [-0.1, -0.05) is 43.0 Å². The topological polar surface area (TPSA) is 25.2 Å². The lowest BCUT2D eigenvalue weighted by atomic mass is 10.2. The van der Waals surface area contributed by atoms with Gasteiger partial charge in [0, 0.05) is 5.56 Å². The Kier molecular flexibility index (Phi) is 3.33. The van der Waals surface area contributed by atoms with Crippen molar-refractivity contribution in [1.82, 2.24) is 0 Å². The molecule has 0 aromatic heterocycles. The van der Waals surface area contributed by atoms with Crippen LogP contribution in [-0.2, 0) is 0 Å². The second-order valence-corrected chi connectivity index (χ2v) is 11.3. The molecule has 4 heteroatoms. The fraction of sp³-hybridized carbons (Fsp3) is 0.176. The van der Waals surface area contributed by atoms with Gasteiger partial charge in [-0.2, -0.15) is 0 Å². The molecule has 1 heterocycles. The summed E-state index contributed by atoms with van der Waals surface area (Å²) in [5, 5.41) is 4.19. The minimum absolute atomic E-state index is 0.225. The van der Waals surface area contributed by atoms with Crippen LogP contribution in [0, 0.1) is 5.82 Å². The zero-order valence-corrected chi connectivity index (χ0v) is 13.4. The zero-order valence-electron chi connectivity index (χ0n) is 12.4. The predicted octanol–water partition coefficient (Wildman–Crippen LogP) is 4.81. The monoisotopic (exact) mass is 299 g/mol. The van der Waals surface area contributed by atoms with E-state index in [1.54, 1.807) is 18.4 Å². The Morgan fingerprint density at radius 3 is 2.57 bits per heavy atom. The summed E-state index contributed by atoms with van der Waals surface area (Å²) in [6.45, 7) is 6.62. The van der Waals surface area contributed by atoms with Crippen molar-refractivity contribution in [2.45, 2.75) is 19.6 Å². The highest BCUT2D eigenvalue weighted by atomic mass is 28.3. The van der Waals surface area contributed by atoms with Crippen molar-refractivity contribution in [3.05, 3.63) is 54.5 Å². The Morgan fingerprint density at radius 2 is 1.86 bits per heavy atom. The number of benzene rings is 1. The third-order valence-corrected chi connectivity index (χ3v) is 5.59. The first-order chi connectivity index (χ1) is 9.93. The van der Waals surface area contributed by atoms with Gasteiger partial charge >= 0.3 is 0 Å². The van der Waals surface area contributed by atoms with Crippen LogP contribution in [0.1, 0.15) is 0 Å². The molecule has 0 saturated heterocycles. The van der Waals surface area contributed by atoms with Crippen LogP contribution in [0.3, 0.4) is 0 Å². The molecule has 1 aliphatic heterocycles. The lowest BCUT2D eigenvalue weighted by Gasteiger charge is -2.18. The molecule has 1 aromatic rings. The summed E-state index contributed by atoms with van der Waals surface area (Å²) >= 11 is 0. The number of hydrogen-bond acceptors (Lipinski definition) is 2. The van der Waals surface area contributed by atoms with Crippen molar-refractivity contribution in [1.29, 1.82) is 0 Å². The molecule has 3 rings (SSSR count). The van der Waals surface area contributed by atoms with Crippen LogP contribution >= 0.6 is 0 Å². The Morgan fingerprint density at radius 1 is 1.05 bits per heavy atom. The van der Waals surface area contributed by atoms with E-state index in [1.165, 1.54) is 0 Å². The van der Waals surface area contributed by atoms with Crippen LogP contribution in [-0.4, -0.2) is 8.07 Å². The van der Waals surface area contributed by atoms with E-state index in [9.17, 15) is 4.39 Å². The molecule has 108 valence electrons. The Balaban J connectivity index is 1.90. The third kappa shape index (κ3) is 2.85. The summed E-state index contributed by atoms with van der Waals surface area (Å²) < 4.78 is 19.7. The number of hydrogen-bond donors (Lipinski definition) is 1. The van der Waals surface area contributed by atoms with E-state index >= 15 is 0 Å². The van der Waals surface area contributed by atoms with Gasteiger partial charge in [0.2, 0.25) is 0 Å². The number of fused-ring (bicyclic) bond motifs is 1. The van der Waals surface area contributed by atoms with Crippen LogP contribution in [0.15, 0.2) is 53.1 Å². The minimum Gasteiger partial charge on any atom is -0.462 e. The van der Waals surface area contributed by atoms with Gasteiger partial charge in [0.25, 0.3) is 0 Å². The normalized spacial score (nSPS) is 11.8. The van der Waals surface area contributed by atoms with Crippen molar-refractivity contribution < 1.29 is 8.81 Å². The summed E-state index contributed by atoms with van der Waals surface area (Å²) in [7, 11) is -1.49. The lowest BCUT2D eigenvalue weighted by molar-refractivity contribution is 0.569. The van der Waals surface area contributed by atoms with Crippen molar-refractivity contribution in [3.63, 3.8) is 0 Å². The first-order valence-electron chi connectivity index (χ1n) is 6.98. The van der Waals surface area contributed by atoms with Gasteiger partial charge in [0.05, 0.1) is 19.4 Å². The molecule has 0 atom stereocenters. The smallest absolute Gasteiger partial charge is 0.146 e. The summed E-state index contributed by atoms with van der Waals surface area (Å²) in [5.74, 6) is 0.604. The van der Waals surface area contributed by atoms with Crippen molar-refractivity contribution in [3.8, 4) is 11.3 Å². The molecule has 0 radical (unpaired) electrons. The van der Waals surface area contributed by atoms with Gasteiger partial charge in [0.1, 0.15) is 17.8 Å². The van der Waals surface area contributed by atoms with Gasteiger partial charge in [-0.15, -0.1) is 0 Å². The molecule has 2 nitrogen and oxygen atoms in total. The second kappa shape index (κ2) is 5.04. The summed E-state index contributed by atoms with van der Waals surface area (Å²) in [4.78, 5) is 0. The highest BCUT2D eigenvalue weighted by molar-refractivity contribution is 6.88. The lowest BCUT2D eigenvalue weighted by Crippen LogP contribution is -2.37. The van der Waals surface area contributed by atoms with Gasteiger partial charge in [0.15, 0.2) is 0 Å². The summed E-state index contributed by atoms with van der Waals surface area (Å²) in [6.07, 6.45) is 1.61. The van der Waals surface area contributed by atoms with Gasteiger partial charge < -0.3 is 9.73 Å². The summed E-state index contributed by atoms with van der Waals surface area (Å²) in [6, 6.07) is 13.2. The number of nitrogens with one attached hydrogen (secondary N) is 1. The average Bonchev–Trinajstić information content (AvgIpc) is 2.87. The molecule has 21 heavy (non-hydrogen) atoms. The first-order valence-corrected chi connectivity index (χ1v) is 10.5. The third-order valence-electron chi connectivity index (χ3n) is 3.55. The number of rotatable bonds is 3.